The van der Waals surface area contributed by atoms with E-state index in [0.717, 1.165) is 24.4 Å². The number of pyridine rings is 1. The summed E-state index contributed by atoms with van der Waals surface area (Å²) >= 11 is 0. The molecule has 112 valence electrons. The van der Waals surface area contributed by atoms with Crippen molar-refractivity contribution in [1.29, 1.82) is 0 Å². The molecule has 4 heteroatoms. The minimum absolute atomic E-state index is 0.204. The third-order valence-corrected chi connectivity index (χ3v) is 2.96. The van der Waals surface area contributed by atoms with Crippen LogP contribution < -0.4 is 14.8 Å². The molecule has 1 N–H and O–H groups in total. The fourth-order valence-corrected chi connectivity index (χ4v) is 1.98. The van der Waals surface area contributed by atoms with Crippen LogP contribution in [0.4, 0.5) is 0 Å². The van der Waals surface area contributed by atoms with Gasteiger partial charge in [-0.25, -0.2) is 4.98 Å². The smallest absolute Gasteiger partial charge is 0.213 e. The molecule has 0 saturated heterocycles. The summed E-state index contributed by atoms with van der Waals surface area (Å²) in [5, 5.41) is 3.41. The lowest BCUT2D eigenvalue weighted by Gasteiger charge is -2.10. The Hall–Kier alpha value is -2.07. The molecule has 0 aliphatic rings. The molecule has 0 aliphatic carbocycles. The Labute approximate surface area is 126 Å². The Kier molecular flexibility index (Phi) is 5.58. The lowest BCUT2D eigenvalue weighted by atomic mass is 10.2. The van der Waals surface area contributed by atoms with Crippen LogP contribution in [0.2, 0.25) is 0 Å². The van der Waals surface area contributed by atoms with Gasteiger partial charge in [0.2, 0.25) is 5.88 Å². The maximum absolute atomic E-state index is 5.63. The number of methoxy groups -OCH3 is 1. The topological polar surface area (TPSA) is 43.4 Å². The van der Waals surface area contributed by atoms with Crippen LogP contribution >= 0.6 is 0 Å². The van der Waals surface area contributed by atoms with Crippen molar-refractivity contribution in [2.75, 3.05) is 7.11 Å². The zero-order valence-electron chi connectivity index (χ0n) is 12.8. The molecule has 1 aromatic carbocycles. The molecule has 1 heterocycles. The second kappa shape index (κ2) is 7.64. The summed E-state index contributed by atoms with van der Waals surface area (Å²) < 4.78 is 10.7. The number of ether oxygens (including phenoxy) is 2. The van der Waals surface area contributed by atoms with Crippen LogP contribution in [-0.2, 0) is 13.1 Å². The molecule has 0 atom stereocenters. The van der Waals surface area contributed by atoms with Gasteiger partial charge in [0.15, 0.2) is 0 Å². The number of nitrogens with one attached hydrogen (secondary N) is 1. The number of rotatable bonds is 7. The van der Waals surface area contributed by atoms with Crippen molar-refractivity contribution < 1.29 is 9.47 Å². The van der Waals surface area contributed by atoms with Gasteiger partial charge in [-0.05, 0) is 43.2 Å². The van der Waals surface area contributed by atoms with Crippen LogP contribution in [0, 0.1) is 0 Å². The van der Waals surface area contributed by atoms with Gasteiger partial charge in [0.05, 0.1) is 13.2 Å². The summed E-state index contributed by atoms with van der Waals surface area (Å²) in [6.45, 7) is 5.65. The monoisotopic (exact) mass is 286 g/mol. The fraction of sp³-hybridized carbons (Fsp3) is 0.353. The van der Waals surface area contributed by atoms with Crippen LogP contribution in [-0.4, -0.2) is 18.2 Å². The predicted molar refractivity (Wildman–Crippen MR) is 83.5 cm³/mol. The summed E-state index contributed by atoms with van der Waals surface area (Å²) in [5.74, 6) is 1.55. The van der Waals surface area contributed by atoms with Crippen molar-refractivity contribution in [1.82, 2.24) is 10.3 Å². The van der Waals surface area contributed by atoms with E-state index in [1.165, 1.54) is 5.56 Å². The fourth-order valence-electron chi connectivity index (χ4n) is 1.98. The lowest BCUT2D eigenvalue weighted by molar-refractivity contribution is 0.242. The minimum atomic E-state index is 0.204. The van der Waals surface area contributed by atoms with E-state index in [1.54, 1.807) is 13.3 Å². The molecule has 0 spiro atoms. The Bertz CT molecular complexity index is 553. The van der Waals surface area contributed by atoms with Crippen molar-refractivity contribution in [3.63, 3.8) is 0 Å². The Balaban J connectivity index is 1.82. The average molecular weight is 286 g/mol. The molecule has 2 aromatic rings. The van der Waals surface area contributed by atoms with E-state index >= 15 is 0 Å². The van der Waals surface area contributed by atoms with Crippen LogP contribution in [0.15, 0.2) is 42.6 Å². The predicted octanol–water partition coefficient (Wildman–Crippen LogP) is 3.17. The Morgan fingerprint density at radius 2 is 1.76 bits per heavy atom. The summed E-state index contributed by atoms with van der Waals surface area (Å²) in [6, 6.07) is 12.1. The first-order valence-corrected chi connectivity index (χ1v) is 7.12. The minimum Gasteiger partial charge on any atom is -0.491 e. The lowest BCUT2D eigenvalue weighted by Crippen LogP contribution is -2.13. The zero-order valence-corrected chi connectivity index (χ0v) is 12.8. The number of aromatic nitrogens is 1. The van der Waals surface area contributed by atoms with E-state index < -0.39 is 0 Å². The van der Waals surface area contributed by atoms with E-state index in [1.807, 2.05) is 38.1 Å². The molecule has 0 bridgehead atoms. The second-order valence-electron chi connectivity index (χ2n) is 5.12. The molecule has 1 aromatic heterocycles. The molecule has 4 nitrogen and oxygen atoms in total. The van der Waals surface area contributed by atoms with Gasteiger partial charge in [-0.3, -0.25) is 0 Å². The SMILES string of the molecule is COc1cc(CNCc2ccc(OC(C)C)cc2)ccn1. The largest absolute Gasteiger partial charge is 0.491 e. The highest BCUT2D eigenvalue weighted by Crippen LogP contribution is 2.14. The van der Waals surface area contributed by atoms with E-state index in [4.69, 9.17) is 9.47 Å². The van der Waals surface area contributed by atoms with Gasteiger partial charge in [0.1, 0.15) is 5.75 Å². The summed E-state index contributed by atoms with van der Waals surface area (Å²) in [4.78, 5) is 4.09. The van der Waals surface area contributed by atoms with Gasteiger partial charge in [0.25, 0.3) is 0 Å². The van der Waals surface area contributed by atoms with Gasteiger partial charge in [-0.15, -0.1) is 0 Å². The molecule has 0 saturated carbocycles. The second-order valence-corrected chi connectivity index (χ2v) is 5.12. The standard InChI is InChI=1S/C17H22N2O2/c1-13(2)21-16-6-4-14(5-7-16)11-18-12-15-8-9-19-17(10-15)20-3/h4-10,13,18H,11-12H2,1-3H3. The molecule has 0 fully saturated rings. The van der Waals surface area contributed by atoms with Crippen molar-refractivity contribution in [3.8, 4) is 11.6 Å². The summed E-state index contributed by atoms with van der Waals surface area (Å²) in [5.41, 5.74) is 2.38. The number of benzene rings is 1. The van der Waals surface area contributed by atoms with E-state index in [9.17, 15) is 0 Å². The number of hydrogen-bond acceptors (Lipinski definition) is 4. The molecule has 0 amide bonds. The van der Waals surface area contributed by atoms with Crippen molar-refractivity contribution in [3.05, 3.63) is 53.7 Å². The molecule has 0 aliphatic heterocycles. The van der Waals surface area contributed by atoms with Crippen molar-refractivity contribution in [2.24, 2.45) is 0 Å². The molecule has 2 rings (SSSR count). The van der Waals surface area contributed by atoms with Crippen molar-refractivity contribution in [2.45, 2.75) is 33.0 Å². The number of nitrogens with zero attached hydrogens (tertiary/aromatic N) is 1. The third-order valence-electron chi connectivity index (χ3n) is 2.96. The quantitative estimate of drug-likeness (QED) is 0.849. The van der Waals surface area contributed by atoms with Gasteiger partial charge in [-0.2, -0.15) is 0 Å². The van der Waals surface area contributed by atoms with Crippen LogP contribution in [0.3, 0.4) is 0 Å². The zero-order chi connectivity index (χ0) is 15.1. The average Bonchev–Trinajstić information content (AvgIpc) is 2.49. The number of hydrogen-bond donors (Lipinski definition) is 1. The van der Waals surface area contributed by atoms with Crippen molar-refractivity contribution >= 4 is 0 Å². The maximum atomic E-state index is 5.63. The highest BCUT2D eigenvalue weighted by molar-refractivity contribution is 5.27. The maximum Gasteiger partial charge on any atom is 0.213 e. The van der Waals surface area contributed by atoms with Gasteiger partial charge in [-0.1, -0.05) is 12.1 Å². The van der Waals surface area contributed by atoms with Crippen LogP contribution in [0.25, 0.3) is 0 Å². The van der Waals surface area contributed by atoms with Crippen LogP contribution in [0.1, 0.15) is 25.0 Å². The Morgan fingerprint density at radius 3 is 2.43 bits per heavy atom. The highest BCUT2D eigenvalue weighted by Gasteiger charge is 2.00. The Morgan fingerprint density at radius 1 is 1.05 bits per heavy atom. The van der Waals surface area contributed by atoms with Gasteiger partial charge < -0.3 is 14.8 Å². The van der Waals surface area contributed by atoms with Gasteiger partial charge >= 0.3 is 0 Å². The first-order valence-electron chi connectivity index (χ1n) is 7.12. The molecule has 0 unspecified atom stereocenters. The van der Waals surface area contributed by atoms with Gasteiger partial charge in [0, 0.05) is 25.4 Å². The van der Waals surface area contributed by atoms with E-state index in [0.29, 0.717) is 5.88 Å². The normalized spacial score (nSPS) is 10.7. The third kappa shape index (κ3) is 5.08. The summed E-state index contributed by atoms with van der Waals surface area (Å²) in [6.07, 6.45) is 1.96. The first-order chi connectivity index (χ1) is 10.2. The van der Waals surface area contributed by atoms with E-state index in [2.05, 4.69) is 22.4 Å². The molecule has 21 heavy (non-hydrogen) atoms. The molecular weight excluding hydrogens is 264 g/mol. The molecule has 0 radical (unpaired) electrons. The highest BCUT2D eigenvalue weighted by atomic mass is 16.5. The van der Waals surface area contributed by atoms with Crippen LogP contribution in [0.5, 0.6) is 11.6 Å². The summed E-state index contributed by atoms with van der Waals surface area (Å²) in [7, 11) is 1.63. The first kappa shape index (κ1) is 15.3. The van der Waals surface area contributed by atoms with E-state index in [-0.39, 0.29) is 6.10 Å². The molecular formula is C17H22N2O2.